The first-order valence-electron chi connectivity index (χ1n) is 7.68. The number of anilines is 1. The molecular formula is C18H14F4N2O2S. The Bertz CT molecular complexity index is 905. The lowest BCUT2D eigenvalue weighted by Gasteiger charge is -2.14. The largest absolute Gasteiger partial charge is 0.417 e. The molecule has 0 fully saturated rings. The number of nitrogens with one attached hydrogen (secondary N) is 1. The minimum absolute atomic E-state index is 0.0835. The summed E-state index contributed by atoms with van der Waals surface area (Å²) in [5.74, 6) is -1.97. The highest BCUT2D eigenvalue weighted by atomic mass is 32.2. The molecule has 4 nitrogen and oxygen atoms in total. The van der Waals surface area contributed by atoms with Crippen molar-refractivity contribution in [3.8, 4) is 6.07 Å². The van der Waals surface area contributed by atoms with Gasteiger partial charge in [0.1, 0.15) is 5.82 Å². The van der Waals surface area contributed by atoms with Gasteiger partial charge in [-0.2, -0.15) is 18.4 Å². The van der Waals surface area contributed by atoms with Crippen molar-refractivity contribution in [1.82, 2.24) is 0 Å². The van der Waals surface area contributed by atoms with Gasteiger partial charge in [-0.1, -0.05) is 6.92 Å². The molecule has 2 aromatic carbocycles. The summed E-state index contributed by atoms with van der Waals surface area (Å²) in [4.78, 5) is 12.5. The molecule has 1 N–H and O–H groups in total. The van der Waals surface area contributed by atoms with E-state index in [0.717, 1.165) is 18.2 Å². The Morgan fingerprint density at radius 1 is 1.22 bits per heavy atom. The van der Waals surface area contributed by atoms with Gasteiger partial charge in [-0.05, 0) is 42.5 Å². The molecule has 2 aromatic rings. The Hall–Kier alpha value is -2.73. The average molecular weight is 398 g/mol. The van der Waals surface area contributed by atoms with E-state index in [9.17, 15) is 26.6 Å². The molecule has 0 aliphatic carbocycles. The fraction of sp³-hybridized carbons (Fsp3) is 0.222. The number of nitrogens with zero attached hydrogens (tertiary/aromatic N) is 1. The fourth-order valence-electron chi connectivity index (χ4n) is 2.20. The topological polar surface area (TPSA) is 70.0 Å². The number of carbonyl (C=O) groups is 1. The summed E-state index contributed by atoms with van der Waals surface area (Å²) in [5, 5.41) is 11.1. The van der Waals surface area contributed by atoms with Gasteiger partial charge in [0.25, 0.3) is 0 Å². The number of alkyl halides is 3. The van der Waals surface area contributed by atoms with Crippen molar-refractivity contribution in [2.45, 2.75) is 18.0 Å². The van der Waals surface area contributed by atoms with E-state index in [2.05, 4.69) is 5.32 Å². The first kappa shape index (κ1) is 20.6. The first-order valence-corrected chi connectivity index (χ1v) is 9.00. The lowest BCUT2D eigenvalue weighted by atomic mass is 10.1. The second-order valence-corrected chi connectivity index (χ2v) is 7.22. The van der Waals surface area contributed by atoms with E-state index in [4.69, 9.17) is 5.26 Å². The summed E-state index contributed by atoms with van der Waals surface area (Å²) in [5.41, 5.74) is -1.82. The molecule has 142 valence electrons. The predicted octanol–water partition coefficient (Wildman–Crippen LogP) is 4.10. The number of carbonyl (C=O) groups excluding carboxylic acids is 1. The number of halogens is 4. The Labute approximate surface area is 155 Å². The van der Waals surface area contributed by atoms with Gasteiger partial charge in [-0.25, -0.2) is 4.39 Å². The highest BCUT2D eigenvalue weighted by Crippen LogP contribution is 2.33. The van der Waals surface area contributed by atoms with Crippen LogP contribution in [0.3, 0.4) is 0 Å². The quantitative estimate of drug-likeness (QED) is 0.771. The number of benzene rings is 2. The van der Waals surface area contributed by atoms with Crippen LogP contribution in [0, 0.1) is 23.1 Å². The monoisotopic (exact) mass is 398 g/mol. The maximum Gasteiger partial charge on any atom is 0.417 e. The van der Waals surface area contributed by atoms with Crippen LogP contribution in [0.1, 0.15) is 18.1 Å². The van der Waals surface area contributed by atoms with Gasteiger partial charge in [-0.3, -0.25) is 9.00 Å². The van der Waals surface area contributed by atoms with Crippen LogP contribution in [0.2, 0.25) is 0 Å². The average Bonchev–Trinajstić information content (AvgIpc) is 2.61. The van der Waals surface area contributed by atoms with Crippen LogP contribution in [0.4, 0.5) is 23.2 Å². The van der Waals surface area contributed by atoms with Gasteiger partial charge in [-0.15, -0.1) is 0 Å². The molecule has 0 heterocycles. The van der Waals surface area contributed by atoms with Crippen molar-refractivity contribution in [2.75, 3.05) is 11.1 Å². The Morgan fingerprint density at radius 3 is 2.41 bits per heavy atom. The molecule has 0 saturated carbocycles. The summed E-state index contributed by atoms with van der Waals surface area (Å²) in [6.45, 7) is 1.48. The van der Waals surface area contributed by atoms with Crippen molar-refractivity contribution in [3.63, 3.8) is 0 Å². The van der Waals surface area contributed by atoms with Gasteiger partial charge in [0.2, 0.25) is 5.91 Å². The Morgan fingerprint density at radius 2 is 1.85 bits per heavy atom. The van der Waals surface area contributed by atoms with Crippen molar-refractivity contribution in [1.29, 1.82) is 5.26 Å². The van der Waals surface area contributed by atoms with Crippen molar-refractivity contribution in [3.05, 3.63) is 59.4 Å². The van der Waals surface area contributed by atoms with E-state index in [1.54, 1.807) is 0 Å². The zero-order valence-corrected chi connectivity index (χ0v) is 14.8. The summed E-state index contributed by atoms with van der Waals surface area (Å²) in [7, 11) is -1.57. The van der Waals surface area contributed by atoms with Gasteiger partial charge in [0, 0.05) is 22.3 Å². The van der Waals surface area contributed by atoms with Crippen LogP contribution in [-0.4, -0.2) is 15.9 Å². The van der Waals surface area contributed by atoms with E-state index in [0.29, 0.717) is 11.0 Å². The summed E-state index contributed by atoms with van der Waals surface area (Å²) < 4.78 is 64.0. The van der Waals surface area contributed by atoms with Crippen LogP contribution < -0.4 is 5.32 Å². The van der Waals surface area contributed by atoms with E-state index < -0.39 is 45.7 Å². The molecule has 0 radical (unpaired) electrons. The summed E-state index contributed by atoms with van der Waals surface area (Å²) >= 11 is 0. The SMILES string of the molecule is CC(CS(=O)c1ccc(F)cc1)C(=O)Nc1ccc(C#N)c(C(F)(F)F)c1. The van der Waals surface area contributed by atoms with Gasteiger partial charge >= 0.3 is 6.18 Å². The third-order valence-electron chi connectivity index (χ3n) is 3.64. The fourth-order valence-corrected chi connectivity index (χ4v) is 3.44. The maximum absolute atomic E-state index is 13.0. The molecule has 0 bridgehead atoms. The standard InChI is InChI=1S/C18H14F4N2O2S/c1-11(10-27(26)15-6-3-13(19)4-7-15)17(25)24-14-5-2-12(9-23)16(8-14)18(20,21)22/h2-8,11H,10H2,1H3,(H,24,25). The number of hydrogen-bond acceptors (Lipinski definition) is 3. The highest BCUT2D eigenvalue weighted by molar-refractivity contribution is 7.85. The van der Waals surface area contributed by atoms with Crippen molar-refractivity contribution in [2.24, 2.45) is 5.92 Å². The predicted molar refractivity (Wildman–Crippen MR) is 91.6 cm³/mol. The normalized spacial score (nSPS) is 13.5. The number of hydrogen-bond donors (Lipinski definition) is 1. The molecule has 0 aliphatic heterocycles. The third-order valence-corrected chi connectivity index (χ3v) is 5.24. The van der Waals surface area contributed by atoms with Crippen LogP contribution in [0.15, 0.2) is 47.4 Å². The van der Waals surface area contributed by atoms with Crippen LogP contribution in [0.5, 0.6) is 0 Å². The molecule has 0 aliphatic rings. The van der Waals surface area contributed by atoms with Gasteiger partial charge < -0.3 is 5.32 Å². The molecule has 0 saturated heterocycles. The zero-order chi connectivity index (χ0) is 20.2. The maximum atomic E-state index is 13.0. The Balaban J connectivity index is 2.09. The molecule has 2 atom stereocenters. The first-order chi connectivity index (χ1) is 12.6. The van der Waals surface area contributed by atoms with Crippen LogP contribution in [0.25, 0.3) is 0 Å². The van der Waals surface area contributed by atoms with E-state index >= 15 is 0 Å². The summed E-state index contributed by atoms with van der Waals surface area (Å²) in [6.07, 6.45) is -4.73. The Kier molecular flexibility index (Phi) is 6.33. The molecule has 1 amide bonds. The second-order valence-electron chi connectivity index (χ2n) is 5.73. The molecule has 0 spiro atoms. The second kappa shape index (κ2) is 8.31. The minimum Gasteiger partial charge on any atom is -0.326 e. The number of amides is 1. The number of rotatable bonds is 5. The molecular weight excluding hydrogens is 384 g/mol. The van der Waals surface area contributed by atoms with E-state index in [-0.39, 0.29) is 11.4 Å². The molecule has 2 unspecified atom stereocenters. The van der Waals surface area contributed by atoms with Gasteiger partial charge in [0.15, 0.2) is 0 Å². The van der Waals surface area contributed by atoms with E-state index in [1.807, 2.05) is 0 Å². The number of nitriles is 1. The molecule has 2 rings (SSSR count). The van der Waals surface area contributed by atoms with E-state index in [1.165, 1.54) is 31.2 Å². The lowest BCUT2D eigenvalue weighted by molar-refractivity contribution is -0.137. The van der Waals surface area contributed by atoms with Crippen molar-refractivity contribution < 1.29 is 26.6 Å². The minimum atomic E-state index is -4.73. The van der Waals surface area contributed by atoms with Crippen LogP contribution in [-0.2, 0) is 21.8 Å². The zero-order valence-electron chi connectivity index (χ0n) is 14.0. The highest BCUT2D eigenvalue weighted by Gasteiger charge is 2.34. The lowest BCUT2D eigenvalue weighted by Crippen LogP contribution is -2.25. The van der Waals surface area contributed by atoms with Crippen molar-refractivity contribution >= 4 is 22.4 Å². The van der Waals surface area contributed by atoms with Gasteiger partial charge in [0.05, 0.1) is 28.0 Å². The smallest absolute Gasteiger partial charge is 0.326 e. The summed E-state index contributed by atoms with van der Waals surface area (Å²) in [6, 6.07) is 9.27. The molecule has 9 heteroatoms. The molecule has 27 heavy (non-hydrogen) atoms. The molecule has 0 aromatic heterocycles. The third kappa shape index (κ3) is 5.37. The van der Waals surface area contributed by atoms with Crippen LogP contribution >= 0.6 is 0 Å².